The van der Waals surface area contributed by atoms with Crippen molar-refractivity contribution in [1.29, 1.82) is 0 Å². The highest BCUT2D eigenvalue weighted by atomic mass is 32.2. The minimum absolute atomic E-state index is 0.00320. The molecule has 0 spiro atoms. The molecule has 288 valence electrons. The number of nitrogens with one attached hydrogen (secondary N) is 1. The van der Waals surface area contributed by atoms with Crippen molar-refractivity contribution < 1.29 is 32.4 Å². The summed E-state index contributed by atoms with van der Waals surface area (Å²) in [5.74, 6) is -2.53. The minimum Gasteiger partial charge on any atom is -0.347 e. The highest BCUT2D eigenvalue weighted by molar-refractivity contribution is 7.92. The van der Waals surface area contributed by atoms with Gasteiger partial charge in [0.05, 0.1) is 16.5 Å². The molecule has 51 heavy (non-hydrogen) atoms. The third-order valence-electron chi connectivity index (χ3n) is 13.4. The van der Waals surface area contributed by atoms with Crippen molar-refractivity contribution in [2.24, 2.45) is 34.5 Å². The summed E-state index contributed by atoms with van der Waals surface area (Å²) in [6, 6.07) is -0.604. The Morgan fingerprint density at radius 2 is 1.39 bits per heavy atom. The summed E-state index contributed by atoms with van der Waals surface area (Å²) >= 11 is 0. The predicted octanol–water partition coefficient (Wildman–Crippen LogP) is 6.94. The number of carbonyl (C=O) groups excluding carboxylic acids is 5. The Balaban J connectivity index is 1.37. The number of sulfone groups is 1. The van der Waals surface area contributed by atoms with Gasteiger partial charge in [0.1, 0.15) is 5.78 Å². The highest BCUT2D eigenvalue weighted by Crippen LogP contribution is 2.65. The van der Waals surface area contributed by atoms with Crippen molar-refractivity contribution in [3.63, 3.8) is 0 Å². The van der Waals surface area contributed by atoms with Crippen LogP contribution in [-0.4, -0.2) is 71.6 Å². The number of carbonyl (C=O) groups is 5. The predicted molar refractivity (Wildman–Crippen MR) is 199 cm³/mol. The topological polar surface area (TPSA) is 135 Å². The largest absolute Gasteiger partial charge is 0.347 e. The fourth-order valence-corrected chi connectivity index (χ4v) is 11.3. The number of hydrogen-bond donors (Lipinski definition) is 1. The SMILES string of the molecule is CC1(C)[C@@H]2[C@H]3C(=O)C[C@H](C(=O)C(=O)NC4CC4)CCCCCCCCCC[C@H](CC(=O)CC4(CS(=O)(=O)C(C)(C)C)CCCCC4)C(=O)N3C[C@@H]21. The molecule has 5 aliphatic rings. The third-order valence-corrected chi connectivity index (χ3v) is 16.2. The van der Waals surface area contributed by atoms with Crippen LogP contribution in [-0.2, 0) is 33.8 Å². The third kappa shape index (κ3) is 9.72. The van der Waals surface area contributed by atoms with Gasteiger partial charge in [-0.1, -0.05) is 84.5 Å². The molecule has 0 aromatic rings. The molecule has 3 saturated carbocycles. The zero-order chi connectivity index (χ0) is 37.2. The molecule has 0 aromatic carbocycles. The van der Waals surface area contributed by atoms with Gasteiger partial charge in [0.2, 0.25) is 11.7 Å². The number of amides is 2. The molecule has 0 unspecified atom stereocenters. The van der Waals surface area contributed by atoms with Crippen LogP contribution in [0.2, 0.25) is 0 Å². The first-order chi connectivity index (χ1) is 24.0. The zero-order valence-electron chi connectivity index (χ0n) is 32.2. The van der Waals surface area contributed by atoms with Crippen molar-refractivity contribution in [3.8, 4) is 0 Å². The van der Waals surface area contributed by atoms with E-state index in [0.717, 1.165) is 83.5 Å². The summed E-state index contributed by atoms with van der Waals surface area (Å²) in [7, 11) is -3.45. The second-order valence-electron chi connectivity index (χ2n) is 18.8. The van der Waals surface area contributed by atoms with Crippen LogP contribution in [0.1, 0.15) is 163 Å². The Kier molecular flexibility index (Phi) is 12.7. The first kappa shape index (κ1) is 40.1. The normalized spacial score (nSPS) is 30.8. The fraction of sp³-hybridized carbons (Fsp3) is 0.878. The van der Waals surface area contributed by atoms with Crippen LogP contribution in [0.5, 0.6) is 0 Å². The Hall–Kier alpha value is -2.10. The van der Waals surface area contributed by atoms with Gasteiger partial charge in [-0.3, -0.25) is 24.0 Å². The maximum Gasteiger partial charge on any atom is 0.287 e. The molecule has 2 heterocycles. The number of hydrogen-bond acceptors (Lipinski definition) is 7. The van der Waals surface area contributed by atoms with E-state index >= 15 is 0 Å². The van der Waals surface area contributed by atoms with E-state index in [1.807, 2.05) is 0 Å². The maximum absolute atomic E-state index is 14.6. The van der Waals surface area contributed by atoms with Gasteiger partial charge in [0.25, 0.3) is 5.91 Å². The second kappa shape index (κ2) is 16.1. The van der Waals surface area contributed by atoms with Crippen LogP contribution in [0, 0.1) is 34.5 Å². The first-order valence-electron chi connectivity index (χ1n) is 20.4. The molecule has 5 atom stereocenters. The zero-order valence-corrected chi connectivity index (χ0v) is 33.1. The van der Waals surface area contributed by atoms with Crippen molar-refractivity contribution >= 4 is 39.0 Å². The van der Waals surface area contributed by atoms with Crippen LogP contribution in [0.15, 0.2) is 0 Å². The number of Topliss-reactive ketones (excluding diaryl/α,β-unsaturated/α-hetero) is 3. The summed E-state index contributed by atoms with van der Waals surface area (Å²) in [6.07, 6.45) is 15.0. The molecule has 0 radical (unpaired) electrons. The summed E-state index contributed by atoms with van der Waals surface area (Å²) in [4.78, 5) is 71.1. The van der Waals surface area contributed by atoms with Gasteiger partial charge in [0, 0.05) is 43.7 Å². The van der Waals surface area contributed by atoms with Gasteiger partial charge in [-0.25, -0.2) is 8.42 Å². The summed E-state index contributed by atoms with van der Waals surface area (Å²) in [5.41, 5.74) is -0.706. The van der Waals surface area contributed by atoms with Crippen molar-refractivity contribution in [3.05, 3.63) is 0 Å². The van der Waals surface area contributed by atoms with Gasteiger partial charge in [-0.2, -0.15) is 0 Å². The number of fused-ring (bicyclic) bond motifs is 3. The van der Waals surface area contributed by atoms with E-state index in [2.05, 4.69) is 19.2 Å². The quantitative estimate of drug-likeness (QED) is 0.254. The molecule has 9 nitrogen and oxygen atoms in total. The average Bonchev–Trinajstić information content (AvgIpc) is 3.90. The number of rotatable bonds is 9. The monoisotopic (exact) mass is 730 g/mol. The minimum atomic E-state index is -3.45. The van der Waals surface area contributed by atoms with E-state index in [9.17, 15) is 32.4 Å². The lowest BCUT2D eigenvalue weighted by Gasteiger charge is -2.39. The number of nitrogens with zero attached hydrogens (tertiary/aromatic N) is 1. The summed E-state index contributed by atoms with van der Waals surface area (Å²) in [6.45, 7) is 9.91. The average molecular weight is 731 g/mol. The van der Waals surface area contributed by atoms with Crippen LogP contribution < -0.4 is 5.32 Å². The molecule has 0 bridgehead atoms. The van der Waals surface area contributed by atoms with E-state index in [4.69, 9.17) is 0 Å². The Bertz CT molecular complexity index is 1420. The Morgan fingerprint density at radius 3 is 1.98 bits per heavy atom. The van der Waals surface area contributed by atoms with Gasteiger partial charge in [-0.15, -0.1) is 0 Å². The molecule has 10 heteroatoms. The van der Waals surface area contributed by atoms with Gasteiger partial charge in [0.15, 0.2) is 15.6 Å². The van der Waals surface area contributed by atoms with E-state index < -0.39 is 49.6 Å². The van der Waals surface area contributed by atoms with Crippen LogP contribution in [0.25, 0.3) is 0 Å². The summed E-state index contributed by atoms with van der Waals surface area (Å²) in [5, 5.41) is 2.82. The Labute approximate surface area is 307 Å². The molecule has 2 aliphatic heterocycles. The van der Waals surface area contributed by atoms with E-state index in [0.29, 0.717) is 32.2 Å². The van der Waals surface area contributed by atoms with Crippen molar-refractivity contribution in [1.82, 2.24) is 10.2 Å². The van der Waals surface area contributed by atoms with Crippen LogP contribution in [0.3, 0.4) is 0 Å². The maximum atomic E-state index is 14.6. The summed E-state index contributed by atoms with van der Waals surface area (Å²) < 4.78 is 26.0. The standard InChI is InChI=1S/C41H66N2O7S/c1-39(2,3)51(49,50)27-41(21-15-12-16-22-41)25-31(44)23-29-18-14-11-9-7-6-8-10-13-17-28(36(46)37(47)42-30-19-20-30)24-33(45)35-34-32(40(34,4)5)26-43(35)38(29)48/h28-30,32,34-35H,6-27H2,1-5H3,(H,42,47)/t28-,29-,32+,34+,35-/m1/s1. The van der Waals surface area contributed by atoms with E-state index in [1.54, 1.807) is 25.7 Å². The van der Waals surface area contributed by atoms with Crippen LogP contribution >= 0.6 is 0 Å². The molecule has 0 aromatic heterocycles. The van der Waals surface area contributed by atoms with Crippen LogP contribution in [0.4, 0.5) is 0 Å². The first-order valence-corrected chi connectivity index (χ1v) is 22.0. The lowest BCUT2D eigenvalue weighted by molar-refractivity contribution is -0.146. The molecule has 2 saturated heterocycles. The number of ketones is 3. The molecule has 2 amide bonds. The van der Waals surface area contributed by atoms with Crippen molar-refractivity contribution in [2.45, 2.75) is 180 Å². The molecular weight excluding hydrogens is 665 g/mol. The molecule has 5 fully saturated rings. The van der Waals surface area contributed by atoms with Gasteiger partial charge in [-0.05, 0) is 82.0 Å². The van der Waals surface area contributed by atoms with E-state index in [-0.39, 0.29) is 65.8 Å². The smallest absolute Gasteiger partial charge is 0.287 e. The second-order valence-corrected chi connectivity index (χ2v) is 21.6. The lowest BCUT2D eigenvalue weighted by atomic mass is 9.71. The van der Waals surface area contributed by atoms with E-state index in [1.165, 1.54) is 0 Å². The molecule has 3 aliphatic carbocycles. The fourth-order valence-electron chi connectivity index (χ4n) is 9.69. The van der Waals surface area contributed by atoms with Gasteiger partial charge >= 0.3 is 0 Å². The highest BCUT2D eigenvalue weighted by Gasteiger charge is 2.69. The molecule has 1 N–H and O–H groups in total. The molecular formula is C41H66N2O7S. The Morgan fingerprint density at radius 1 is 0.824 bits per heavy atom. The molecule has 5 rings (SSSR count). The number of piperidine rings is 1. The van der Waals surface area contributed by atoms with Crippen molar-refractivity contribution in [2.75, 3.05) is 12.3 Å². The van der Waals surface area contributed by atoms with Gasteiger partial charge < -0.3 is 10.2 Å². The lowest BCUT2D eigenvalue weighted by Crippen LogP contribution is -2.49.